The maximum atomic E-state index is 13.3. The molecule has 2 rings (SSSR count). The third-order valence-electron chi connectivity index (χ3n) is 3.39. The number of halogens is 2. The molecular weight excluding hydrogens is 281 g/mol. The van der Waals surface area contributed by atoms with Crippen LogP contribution < -0.4 is 10.6 Å². The second-order valence-electron chi connectivity index (χ2n) is 5.90. The van der Waals surface area contributed by atoms with E-state index in [1.807, 2.05) is 0 Å². The van der Waals surface area contributed by atoms with Gasteiger partial charge in [0.05, 0.1) is 22.0 Å². The van der Waals surface area contributed by atoms with Crippen molar-refractivity contribution in [2.45, 2.75) is 19.4 Å². The predicted molar refractivity (Wildman–Crippen MR) is 80.8 cm³/mol. The number of nitrogens with zero attached hydrogens (tertiary/aromatic N) is 2. The summed E-state index contributed by atoms with van der Waals surface area (Å²) in [7, 11) is 0. The van der Waals surface area contributed by atoms with Gasteiger partial charge in [0.25, 0.3) is 0 Å². The second-order valence-corrected chi connectivity index (χ2v) is 6.31. The van der Waals surface area contributed by atoms with E-state index in [1.165, 1.54) is 6.07 Å². The zero-order valence-electron chi connectivity index (χ0n) is 11.9. The number of aliphatic hydroxyl groups is 1. The van der Waals surface area contributed by atoms with Crippen molar-refractivity contribution in [3.05, 3.63) is 23.0 Å². The van der Waals surface area contributed by atoms with Crippen LogP contribution in [0, 0.1) is 5.82 Å². The van der Waals surface area contributed by atoms with E-state index < -0.39 is 11.4 Å². The summed E-state index contributed by atoms with van der Waals surface area (Å²) in [6.45, 7) is 7.47. The Labute approximate surface area is 123 Å². The number of β-amino-alcohol motifs (C(OH)–C–C–N with tert-alkyl or cyclic N) is 1. The summed E-state index contributed by atoms with van der Waals surface area (Å²) < 4.78 is 13.3. The van der Waals surface area contributed by atoms with E-state index in [9.17, 15) is 9.50 Å². The summed E-state index contributed by atoms with van der Waals surface area (Å²) in [5.74, 6) is -0.492. The molecule has 1 fully saturated rings. The topological polar surface area (TPSA) is 52.7 Å². The minimum Gasteiger partial charge on any atom is -0.397 e. The van der Waals surface area contributed by atoms with Crippen molar-refractivity contribution in [2.24, 2.45) is 0 Å². The van der Waals surface area contributed by atoms with Crippen molar-refractivity contribution in [1.29, 1.82) is 0 Å². The SMILES string of the molecule is CC(C)(O)CN1CCN(c2cc(Cl)c(F)cc2N)CC1. The number of hydrogen-bond donors (Lipinski definition) is 2. The van der Waals surface area contributed by atoms with Gasteiger partial charge >= 0.3 is 0 Å². The van der Waals surface area contributed by atoms with Gasteiger partial charge in [0.1, 0.15) is 5.82 Å². The molecule has 0 saturated carbocycles. The molecule has 6 heteroatoms. The molecule has 0 atom stereocenters. The van der Waals surface area contributed by atoms with Gasteiger partial charge < -0.3 is 15.7 Å². The monoisotopic (exact) mass is 301 g/mol. The minimum absolute atomic E-state index is 0.0909. The van der Waals surface area contributed by atoms with Crippen LogP contribution in [0.3, 0.4) is 0 Å². The lowest BCUT2D eigenvalue weighted by atomic mass is 10.1. The van der Waals surface area contributed by atoms with Crippen LogP contribution in [0.15, 0.2) is 12.1 Å². The number of hydrogen-bond acceptors (Lipinski definition) is 4. The first-order valence-corrected chi connectivity index (χ1v) is 7.08. The molecule has 1 aromatic rings. The highest BCUT2D eigenvalue weighted by Gasteiger charge is 2.24. The summed E-state index contributed by atoms with van der Waals surface area (Å²) in [4.78, 5) is 4.30. The van der Waals surface area contributed by atoms with E-state index in [1.54, 1.807) is 19.9 Å². The van der Waals surface area contributed by atoms with E-state index >= 15 is 0 Å². The van der Waals surface area contributed by atoms with E-state index in [0.717, 1.165) is 31.9 Å². The summed E-state index contributed by atoms with van der Waals surface area (Å²) >= 11 is 5.82. The molecule has 3 N–H and O–H groups in total. The summed E-state index contributed by atoms with van der Waals surface area (Å²) in [6, 6.07) is 2.85. The molecule has 0 radical (unpaired) electrons. The van der Waals surface area contributed by atoms with Gasteiger partial charge in [0, 0.05) is 38.8 Å². The lowest BCUT2D eigenvalue weighted by Gasteiger charge is -2.38. The third-order valence-corrected chi connectivity index (χ3v) is 3.68. The first kappa shape index (κ1) is 15.4. The zero-order valence-corrected chi connectivity index (χ0v) is 12.6. The Kier molecular flexibility index (Phi) is 4.42. The fourth-order valence-electron chi connectivity index (χ4n) is 2.52. The number of benzene rings is 1. The number of nitrogens with two attached hydrogens (primary N) is 1. The molecule has 1 aliphatic rings. The van der Waals surface area contributed by atoms with Gasteiger partial charge in [-0.3, -0.25) is 4.90 Å². The molecule has 0 spiro atoms. The first-order valence-electron chi connectivity index (χ1n) is 6.70. The van der Waals surface area contributed by atoms with Gasteiger partial charge in [-0.1, -0.05) is 11.6 Å². The third kappa shape index (κ3) is 3.75. The van der Waals surface area contributed by atoms with Gasteiger partial charge in [-0.2, -0.15) is 0 Å². The zero-order chi connectivity index (χ0) is 14.9. The van der Waals surface area contributed by atoms with Crippen LogP contribution in [-0.2, 0) is 0 Å². The minimum atomic E-state index is -0.694. The molecule has 1 aliphatic heterocycles. The molecular formula is C14H21ClFN3O. The second kappa shape index (κ2) is 5.76. The summed E-state index contributed by atoms with van der Waals surface area (Å²) in [5, 5.41) is 9.92. The number of piperazine rings is 1. The number of anilines is 2. The van der Waals surface area contributed by atoms with Crippen molar-refractivity contribution in [2.75, 3.05) is 43.4 Å². The smallest absolute Gasteiger partial charge is 0.143 e. The largest absolute Gasteiger partial charge is 0.397 e. The van der Waals surface area contributed by atoms with Crippen LogP contribution in [0.1, 0.15) is 13.8 Å². The summed E-state index contributed by atoms with van der Waals surface area (Å²) in [5.41, 5.74) is 6.35. The van der Waals surface area contributed by atoms with Crippen molar-refractivity contribution in [3.8, 4) is 0 Å². The van der Waals surface area contributed by atoms with Gasteiger partial charge in [-0.25, -0.2) is 4.39 Å². The van der Waals surface area contributed by atoms with Crippen LogP contribution >= 0.6 is 11.6 Å². The van der Waals surface area contributed by atoms with E-state index in [2.05, 4.69) is 9.80 Å². The van der Waals surface area contributed by atoms with E-state index in [0.29, 0.717) is 12.2 Å². The van der Waals surface area contributed by atoms with E-state index in [4.69, 9.17) is 17.3 Å². The average Bonchev–Trinajstić information content (AvgIpc) is 2.33. The standard InChI is InChI=1S/C14H21ClFN3O/c1-14(2,20)9-18-3-5-19(6-4-18)13-7-10(15)11(16)8-12(13)17/h7-8,20H,3-6,9,17H2,1-2H3. The highest BCUT2D eigenvalue weighted by molar-refractivity contribution is 6.31. The van der Waals surface area contributed by atoms with Gasteiger partial charge in [0.15, 0.2) is 0 Å². The lowest BCUT2D eigenvalue weighted by molar-refractivity contribution is 0.0345. The Morgan fingerprint density at radius 2 is 1.90 bits per heavy atom. The van der Waals surface area contributed by atoms with Crippen molar-refractivity contribution in [3.63, 3.8) is 0 Å². The van der Waals surface area contributed by atoms with Crippen molar-refractivity contribution < 1.29 is 9.50 Å². The molecule has 1 saturated heterocycles. The molecule has 1 aromatic carbocycles. The molecule has 0 amide bonds. The Bertz CT molecular complexity index is 482. The molecule has 0 aromatic heterocycles. The van der Waals surface area contributed by atoms with Crippen molar-refractivity contribution in [1.82, 2.24) is 4.90 Å². The molecule has 4 nitrogen and oxygen atoms in total. The molecule has 0 bridgehead atoms. The predicted octanol–water partition coefficient (Wildman–Crippen LogP) is 1.95. The Morgan fingerprint density at radius 3 is 2.45 bits per heavy atom. The van der Waals surface area contributed by atoms with Crippen LogP contribution in [0.4, 0.5) is 15.8 Å². The van der Waals surface area contributed by atoms with Gasteiger partial charge in [-0.05, 0) is 19.9 Å². The van der Waals surface area contributed by atoms with Crippen LogP contribution in [0.2, 0.25) is 5.02 Å². The number of nitrogen functional groups attached to an aromatic ring is 1. The maximum absolute atomic E-state index is 13.3. The van der Waals surface area contributed by atoms with Crippen LogP contribution in [0.25, 0.3) is 0 Å². The molecule has 112 valence electrons. The first-order chi connectivity index (χ1) is 9.26. The molecule has 0 unspecified atom stereocenters. The molecule has 0 aliphatic carbocycles. The highest BCUT2D eigenvalue weighted by atomic mass is 35.5. The Hall–Kier alpha value is -1.04. The number of rotatable bonds is 3. The van der Waals surface area contributed by atoms with Gasteiger partial charge in [-0.15, -0.1) is 0 Å². The fraction of sp³-hybridized carbons (Fsp3) is 0.571. The maximum Gasteiger partial charge on any atom is 0.143 e. The van der Waals surface area contributed by atoms with E-state index in [-0.39, 0.29) is 5.02 Å². The van der Waals surface area contributed by atoms with Crippen LogP contribution in [0.5, 0.6) is 0 Å². The van der Waals surface area contributed by atoms with Gasteiger partial charge in [0.2, 0.25) is 0 Å². The normalized spacial score (nSPS) is 17.6. The lowest BCUT2D eigenvalue weighted by Crippen LogP contribution is -2.50. The highest BCUT2D eigenvalue weighted by Crippen LogP contribution is 2.30. The van der Waals surface area contributed by atoms with Crippen LogP contribution in [-0.4, -0.2) is 48.3 Å². The van der Waals surface area contributed by atoms with Crippen molar-refractivity contribution >= 4 is 23.0 Å². The molecule has 20 heavy (non-hydrogen) atoms. The summed E-state index contributed by atoms with van der Waals surface area (Å²) in [6.07, 6.45) is 0. The quantitative estimate of drug-likeness (QED) is 0.838. The average molecular weight is 302 g/mol. The Morgan fingerprint density at radius 1 is 1.30 bits per heavy atom. The molecule has 1 heterocycles. The fourth-order valence-corrected chi connectivity index (χ4v) is 2.68. The Balaban J connectivity index is 2.02.